The molecule has 2 N–H and O–H groups in total. The number of hydrogen-bond donors (Lipinski definition) is 2. The molecule has 1 saturated heterocycles. The van der Waals surface area contributed by atoms with Crippen molar-refractivity contribution < 1.29 is 14.3 Å². The standard InChI is InChI=1S/C20H18N4O3/c25-20-17(23-16-2-1-3-18-19(16)27-12-26-18)8-9-24(20)15-6-4-13(5-7-15)14-10-21-22-11-14/h1-7,10-11,17,23H,8-9,12H2,(H,21,22). The van der Waals surface area contributed by atoms with Gasteiger partial charge in [0, 0.05) is 24.0 Å². The van der Waals surface area contributed by atoms with E-state index in [2.05, 4.69) is 15.5 Å². The number of ether oxygens (including phenoxy) is 2. The molecule has 0 aliphatic carbocycles. The number of benzene rings is 2. The molecule has 5 rings (SSSR count). The summed E-state index contributed by atoms with van der Waals surface area (Å²) in [5.74, 6) is 1.44. The SMILES string of the molecule is O=C1C(Nc2cccc3c2OCO3)CCN1c1ccc(-c2cn[nH]c2)cc1. The second-order valence-corrected chi connectivity index (χ2v) is 6.55. The molecule has 0 radical (unpaired) electrons. The first-order chi connectivity index (χ1) is 13.3. The van der Waals surface area contributed by atoms with E-state index in [1.165, 1.54) is 0 Å². The number of nitrogens with one attached hydrogen (secondary N) is 2. The lowest BCUT2D eigenvalue weighted by Gasteiger charge is -2.18. The van der Waals surface area contributed by atoms with Crippen LogP contribution in [0.2, 0.25) is 0 Å². The van der Waals surface area contributed by atoms with Crippen molar-refractivity contribution in [1.29, 1.82) is 0 Å². The summed E-state index contributed by atoms with van der Waals surface area (Å²) >= 11 is 0. The number of fused-ring (bicyclic) bond motifs is 1. The maximum atomic E-state index is 12.9. The Bertz CT molecular complexity index is 969. The number of amides is 1. The highest BCUT2D eigenvalue weighted by molar-refractivity contribution is 6.01. The summed E-state index contributed by atoms with van der Waals surface area (Å²) in [5, 5.41) is 10.1. The third-order valence-electron chi connectivity index (χ3n) is 4.94. The van der Waals surface area contributed by atoms with E-state index in [4.69, 9.17) is 9.47 Å². The van der Waals surface area contributed by atoms with Crippen LogP contribution in [0.4, 0.5) is 11.4 Å². The molecule has 1 unspecified atom stereocenters. The second-order valence-electron chi connectivity index (χ2n) is 6.55. The Morgan fingerprint density at radius 2 is 2.00 bits per heavy atom. The number of para-hydroxylation sites is 1. The van der Waals surface area contributed by atoms with E-state index in [-0.39, 0.29) is 18.7 Å². The van der Waals surface area contributed by atoms with Gasteiger partial charge in [-0.15, -0.1) is 0 Å². The topological polar surface area (TPSA) is 79.5 Å². The zero-order valence-corrected chi connectivity index (χ0v) is 14.5. The Morgan fingerprint density at radius 3 is 2.81 bits per heavy atom. The zero-order chi connectivity index (χ0) is 18.2. The number of hydrogen-bond acceptors (Lipinski definition) is 5. The van der Waals surface area contributed by atoms with Gasteiger partial charge < -0.3 is 19.7 Å². The summed E-state index contributed by atoms with van der Waals surface area (Å²) in [6, 6.07) is 13.3. The van der Waals surface area contributed by atoms with Gasteiger partial charge in [0.05, 0.1) is 11.9 Å². The lowest BCUT2D eigenvalue weighted by atomic mass is 10.1. The average Bonchev–Trinajstić information content (AvgIpc) is 3.44. The fraction of sp³-hybridized carbons (Fsp3) is 0.200. The zero-order valence-electron chi connectivity index (χ0n) is 14.5. The van der Waals surface area contributed by atoms with E-state index >= 15 is 0 Å². The smallest absolute Gasteiger partial charge is 0.249 e. The molecule has 1 atom stereocenters. The maximum Gasteiger partial charge on any atom is 0.249 e. The van der Waals surface area contributed by atoms with Gasteiger partial charge in [-0.1, -0.05) is 18.2 Å². The summed E-state index contributed by atoms with van der Waals surface area (Å²) in [4.78, 5) is 14.7. The molecular weight excluding hydrogens is 344 g/mol. The van der Waals surface area contributed by atoms with Crippen molar-refractivity contribution in [2.45, 2.75) is 12.5 Å². The number of aromatic amines is 1. The van der Waals surface area contributed by atoms with E-state index in [0.717, 1.165) is 28.9 Å². The summed E-state index contributed by atoms with van der Waals surface area (Å²) < 4.78 is 10.9. The fourth-order valence-electron chi connectivity index (χ4n) is 3.54. The Kier molecular flexibility index (Phi) is 3.71. The number of nitrogens with zero attached hydrogens (tertiary/aromatic N) is 2. The maximum absolute atomic E-state index is 12.9. The molecule has 7 nitrogen and oxygen atoms in total. The van der Waals surface area contributed by atoms with Crippen LogP contribution in [0.3, 0.4) is 0 Å². The largest absolute Gasteiger partial charge is 0.454 e. The monoisotopic (exact) mass is 362 g/mol. The number of H-pyrrole nitrogens is 1. The minimum atomic E-state index is -0.283. The predicted molar refractivity (Wildman–Crippen MR) is 101 cm³/mol. The van der Waals surface area contributed by atoms with Gasteiger partial charge in [-0.05, 0) is 36.2 Å². The summed E-state index contributed by atoms with van der Waals surface area (Å²) in [6.45, 7) is 0.885. The van der Waals surface area contributed by atoms with E-state index in [1.54, 1.807) is 6.20 Å². The molecule has 3 heterocycles. The first-order valence-electron chi connectivity index (χ1n) is 8.85. The van der Waals surface area contributed by atoms with Gasteiger partial charge in [-0.2, -0.15) is 5.10 Å². The van der Waals surface area contributed by atoms with Crippen molar-refractivity contribution in [3.63, 3.8) is 0 Å². The van der Waals surface area contributed by atoms with Crippen LogP contribution in [-0.4, -0.2) is 35.5 Å². The van der Waals surface area contributed by atoms with Gasteiger partial charge in [-0.3, -0.25) is 9.89 Å². The molecule has 0 saturated carbocycles. The van der Waals surface area contributed by atoms with Crippen LogP contribution in [0.15, 0.2) is 54.9 Å². The quantitative estimate of drug-likeness (QED) is 0.746. The molecule has 3 aromatic rings. The third kappa shape index (κ3) is 2.77. The molecule has 2 aliphatic rings. The molecule has 2 aromatic carbocycles. The molecule has 0 bridgehead atoms. The van der Waals surface area contributed by atoms with E-state index in [9.17, 15) is 4.79 Å². The molecule has 136 valence electrons. The van der Waals surface area contributed by atoms with Gasteiger partial charge in [0.25, 0.3) is 0 Å². The van der Waals surface area contributed by atoms with Gasteiger partial charge in [-0.25, -0.2) is 0 Å². The van der Waals surface area contributed by atoms with Gasteiger partial charge in [0.15, 0.2) is 11.5 Å². The summed E-state index contributed by atoms with van der Waals surface area (Å²) in [7, 11) is 0. The molecular formula is C20H18N4O3. The van der Waals surface area contributed by atoms with Crippen molar-refractivity contribution in [3.05, 3.63) is 54.9 Å². The Morgan fingerprint density at radius 1 is 1.11 bits per heavy atom. The molecule has 2 aliphatic heterocycles. The van der Waals surface area contributed by atoms with Crippen molar-refractivity contribution in [2.24, 2.45) is 0 Å². The number of carbonyl (C=O) groups is 1. The summed E-state index contributed by atoms with van der Waals surface area (Å²) in [6.07, 6.45) is 4.35. The molecule has 7 heteroatoms. The van der Waals surface area contributed by atoms with E-state index < -0.39 is 0 Å². The highest BCUT2D eigenvalue weighted by Crippen LogP contribution is 2.39. The van der Waals surface area contributed by atoms with Crippen LogP contribution >= 0.6 is 0 Å². The molecule has 1 amide bonds. The third-order valence-corrected chi connectivity index (χ3v) is 4.94. The lowest BCUT2D eigenvalue weighted by Crippen LogP contribution is -2.33. The Hall–Kier alpha value is -3.48. The van der Waals surface area contributed by atoms with Gasteiger partial charge in [0.1, 0.15) is 6.04 Å². The van der Waals surface area contributed by atoms with Crippen LogP contribution in [0.5, 0.6) is 11.5 Å². The van der Waals surface area contributed by atoms with Crippen molar-refractivity contribution in [3.8, 4) is 22.6 Å². The highest BCUT2D eigenvalue weighted by atomic mass is 16.7. The summed E-state index contributed by atoms with van der Waals surface area (Å²) in [5.41, 5.74) is 3.77. The number of rotatable bonds is 4. The van der Waals surface area contributed by atoms with Crippen LogP contribution in [-0.2, 0) is 4.79 Å². The predicted octanol–water partition coefficient (Wildman–Crippen LogP) is 3.02. The number of carbonyl (C=O) groups excluding carboxylic acids is 1. The van der Waals surface area contributed by atoms with Crippen molar-refractivity contribution in [1.82, 2.24) is 10.2 Å². The highest BCUT2D eigenvalue weighted by Gasteiger charge is 2.33. The first-order valence-corrected chi connectivity index (χ1v) is 8.85. The van der Waals surface area contributed by atoms with E-state index in [1.807, 2.05) is 53.6 Å². The van der Waals surface area contributed by atoms with Crippen LogP contribution < -0.4 is 19.7 Å². The number of anilines is 2. The van der Waals surface area contributed by atoms with Crippen molar-refractivity contribution >= 4 is 17.3 Å². The first kappa shape index (κ1) is 15.7. The molecule has 27 heavy (non-hydrogen) atoms. The minimum absolute atomic E-state index is 0.0579. The van der Waals surface area contributed by atoms with Crippen LogP contribution in [0, 0.1) is 0 Å². The van der Waals surface area contributed by atoms with Crippen LogP contribution in [0.1, 0.15) is 6.42 Å². The second kappa shape index (κ2) is 6.35. The van der Waals surface area contributed by atoms with Gasteiger partial charge >= 0.3 is 0 Å². The van der Waals surface area contributed by atoms with Crippen molar-refractivity contribution in [2.75, 3.05) is 23.6 Å². The average molecular weight is 362 g/mol. The lowest BCUT2D eigenvalue weighted by molar-refractivity contribution is -0.117. The minimum Gasteiger partial charge on any atom is -0.454 e. The van der Waals surface area contributed by atoms with E-state index in [0.29, 0.717) is 18.0 Å². The van der Waals surface area contributed by atoms with Gasteiger partial charge in [0.2, 0.25) is 12.7 Å². The number of aromatic nitrogens is 2. The van der Waals surface area contributed by atoms with Crippen LogP contribution in [0.25, 0.3) is 11.1 Å². The molecule has 0 spiro atoms. The molecule has 1 fully saturated rings. The molecule has 1 aromatic heterocycles. The Balaban J connectivity index is 1.32. The normalized spacial score (nSPS) is 18.1. The fourth-order valence-corrected chi connectivity index (χ4v) is 3.54. The Labute approximate surface area is 155 Å².